The average molecular weight is 430 g/mol. The number of sulfonamides is 1. The Hall–Kier alpha value is -2.38. The van der Waals surface area contributed by atoms with E-state index in [0.717, 1.165) is 47.9 Å². The molecule has 1 heterocycles. The van der Waals surface area contributed by atoms with Crippen molar-refractivity contribution in [2.45, 2.75) is 44.0 Å². The maximum Gasteiger partial charge on any atom is 0.253 e. The topological polar surface area (TPSA) is 69.7 Å². The molecule has 30 heavy (non-hydrogen) atoms. The van der Waals surface area contributed by atoms with Gasteiger partial charge in [0.25, 0.3) is 5.91 Å². The molecule has 1 atom stereocenters. The molecular weight excluding hydrogens is 398 g/mol. The summed E-state index contributed by atoms with van der Waals surface area (Å²) in [5.74, 6) is -0.264. The fraction of sp³-hybridized carbons (Fsp3) is 0.435. The second-order valence-electron chi connectivity index (χ2n) is 7.95. The molecule has 162 valence electrons. The number of hydrogen-bond acceptors (Lipinski definition) is 4. The number of rotatable bonds is 7. The Labute approximate surface area is 179 Å². The summed E-state index contributed by atoms with van der Waals surface area (Å²) in [6.07, 6.45) is 3.10. The Balaban J connectivity index is 1.93. The molecule has 1 saturated heterocycles. The van der Waals surface area contributed by atoms with Crippen molar-refractivity contribution in [1.29, 1.82) is 0 Å². The minimum Gasteiger partial charge on any atom is -0.371 e. The first-order chi connectivity index (χ1) is 14.2. The fourth-order valence-electron chi connectivity index (χ4n) is 3.70. The average Bonchev–Trinajstić information content (AvgIpc) is 3.27. The van der Waals surface area contributed by atoms with Gasteiger partial charge in [-0.05, 0) is 55.5 Å². The van der Waals surface area contributed by atoms with Gasteiger partial charge in [-0.1, -0.05) is 31.2 Å². The van der Waals surface area contributed by atoms with Gasteiger partial charge >= 0.3 is 0 Å². The van der Waals surface area contributed by atoms with Crippen LogP contribution in [-0.2, 0) is 16.4 Å². The summed E-state index contributed by atoms with van der Waals surface area (Å²) in [7, 11) is -0.644. The molecule has 1 aliphatic rings. The van der Waals surface area contributed by atoms with E-state index in [-0.39, 0.29) is 16.8 Å². The van der Waals surface area contributed by atoms with Gasteiger partial charge in [-0.15, -0.1) is 0 Å². The fourth-order valence-corrected chi connectivity index (χ4v) is 4.63. The Morgan fingerprint density at radius 3 is 2.30 bits per heavy atom. The molecule has 2 aromatic carbocycles. The van der Waals surface area contributed by atoms with Gasteiger partial charge in [-0.3, -0.25) is 4.79 Å². The smallest absolute Gasteiger partial charge is 0.253 e. The molecule has 1 unspecified atom stereocenters. The lowest BCUT2D eigenvalue weighted by molar-refractivity contribution is 0.0940. The van der Waals surface area contributed by atoms with Crippen LogP contribution < -0.4 is 10.2 Å². The first kappa shape index (κ1) is 22.3. The molecule has 1 N–H and O–H groups in total. The van der Waals surface area contributed by atoms with Crippen LogP contribution in [0.2, 0.25) is 0 Å². The molecule has 0 aliphatic carbocycles. The molecule has 6 nitrogen and oxygen atoms in total. The zero-order valence-electron chi connectivity index (χ0n) is 18.2. The first-order valence-corrected chi connectivity index (χ1v) is 11.9. The van der Waals surface area contributed by atoms with E-state index < -0.39 is 10.0 Å². The second-order valence-corrected chi connectivity index (χ2v) is 10.1. The van der Waals surface area contributed by atoms with Crippen LogP contribution in [0.25, 0.3) is 0 Å². The van der Waals surface area contributed by atoms with Gasteiger partial charge in [-0.2, -0.15) is 0 Å². The summed E-state index contributed by atoms with van der Waals surface area (Å²) in [6, 6.07) is 12.9. The molecule has 7 heteroatoms. The van der Waals surface area contributed by atoms with Crippen molar-refractivity contribution in [3.63, 3.8) is 0 Å². The molecule has 1 amide bonds. The molecule has 0 aromatic heterocycles. The van der Waals surface area contributed by atoms with Gasteiger partial charge in [0, 0.05) is 32.9 Å². The predicted octanol–water partition coefficient (Wildman–Crippen LogP) is 3.59. The van der Waals surface area contributed by atoms with E-state index in [1.54, 1.807) is 12.1 Å². The number of aryl methyl sites for hydroxylation is 1. The number of carbonyl (C=O) groups excluding carboxylic acids is 1. The maximum atomic E-state index is 13.2. The number of benzene rings is 2. The summed E-state index contributed by atoms with van der Waals surface area (Å²) in [5.41, 5.74) is 3.45. The van der Waals surface area contributed by atoms with Crippen molar-refractivity contribution < 1.29 is 13.2 Å². The van der Waals surface area contributed by atoms with Crippen molar-refractivity contribution in [2.24, 2.45) is 0 Å². The standard InChI is InChI=1S/C23H31N3O3S/c1-5-18-8-10-19(11-9-18)17(2)24-23(27)21-16-20(30(28,29)25(3)4)12-13-22(21)26-14-6-7-15-26/h8-13,16-17H,5-7,14-15H2,1-4H3,(H,24,27). The lowest BCUT2D eigenvalue weighted by Crippen LogP contribution is -2.30. The largest absolute Gasteiger partial charge is 0.371 e. The van der Waals surface area contributed by atoms with Crippen LogP contribution in [0.4, 0.5) is 5.69 Å². The van der Waals surface area contributed by atoms with Crippen LogP contribution in [0.15, 0.2) is 47.4 Å². The van der Waals surface area contributed by atoms with Crippen molar-refractivity contribution in [2.75, 3.05) is 32.1 Å². The summed E-state index contributed by atoms with van der Waals surface area (Å²) in [6.45, 7) is 5.78. The number of anilines is 1. The lowest BCUT2D eigenvalue weighted by atomic mass is 10.0. The van der Waals surface area contributed by atoms with Gasteiger partial charge in [-0.25, -0.2) is 12.7 Å². The van der Waals surface area contributed by atoms with Gasteiger partial charge in [0.05, 0.1) is 16.5 Å². The van der Waals surface area contributed by atoms with Crippen LogP contribution in [0.5, 0.6) is 0 Å². The molecule has 1 fully saturated rings. The maximum absolute atomic E-state index is 13.2. The predicted molar refractivity (Wildman–Crippen MR) is 120 cm³/mol. The molecule has 0 saturated carbocycles. The quantitative estimate of drug-likeness (QED) is 0.730. The van der Waals surface area contributed by atoms with Crippen LogP contribution in [0.3, 0.4) is 0 Å². The van der Waals surface area contributed by atoms with Crippen molar-refractivity contribution in [1.82, 2.24) is 9.62 Å². The third kappa shape index (κ3) is 4.68. The van der Waals surface area contributed by atoms with E-state index in [9.17, 15) is 13.2 Å². The number of hydrogen-bond donors (Lipinski definition) is 1. The molecule has 0 spiro atoms. The van der Waals surface area contributed by atoms with Crippen LogP contribution in [0.1, 0.15) is 54.2 Å². The van der Waals surface area contributed by atoms with Gasteiger partial charge in [0.1, 0.15) is 0 Å². The summed E-state index contributed by atoms with van der Waals surface area (Å²) in [5, 5.41) is 3.05. The number of nitrogens with zero attached hydrogens (tertiary/aromatic N) is 2. The minimum atomic E-state index is -3.63. The van der Waals surface area contributed by atoms with E-state index in [1.807, 2.05) is 19.1 Å². The van der Waals surface area contributed by atoms with Crippen molar-refractivity contribution in [3.8, 4) is 0 Å². The molecule has 1 aliphatic heterocycles. The highest BCUT2D eigenvalue weighted by Gasteiger charge is 2.25. The van der Waals surface area contributed by atoms with Gasteiger partial charge in [0.15, 0.2) is 0 Å². The number of amides is 1. The second kappa shape index (κ2) is 9.18. The summed E-state index contributed by atoms with van der Waals surface area (Å²) in [4.78, 5) is 15.5. The summed E-state index contributed by atoms with van der Waals surface area (Å²) >= 11 is 0. The zero-order valence-corrected chi connectivity index (χ0v) is 19.0. The monoisotopic (exact) mass is 429 g/mol. The summed E-state index contributed by atoms with van der Waals surface area (Å²) < 4.78 is 26.4. The van der Waals surface area contributed by atoms with Crippen molar-refractivity contribution in [3.05, 3.63) is 59.2 Å². The Morgan fingerprint density at radius 1 is 1.10 bits per heavy atom. The van der Waals surface area contributed by atoms with Crippen LogP contribution in [0, 0.1) is 0 Å². The number of nitrogens with one attached hydrogen (secondary N) is 1. The lowest BCUT2D eigenvalue weighted by Gasteiger charge is -2.23. The molecular formula is C23H31N3O3S. The first-order valence-electron chi connectivity index (χ1n) is 10.4. The highest BCUT2D eigenvalue weighted by atomic mass is 32.2. The van der Waals surface area contributed by atoms with Crippen LogP contribution >= 0.6 is 0 Å². The van der Waals surface area contributed by atoms with E-state index in [0.29, 0.717) is 5.56 Å². The SMILES string of the molecule is CCc1ccc(C(C)NC(=O)c2cc(S(=O)(=O)N(C)C)ccc2N2CCCC2)cc1. The third-order valence-corrected chi connectivity index (χ3v) is 7.48. The molecule has 3 rings (SSSR count). The molecule has 0 radical (unpaired) electrons. The zero-order chi connectivity index (χ0) is 21.9. The van der Waals surface area contributed by atoms with Crippen molar-refractivity contribution >= 4 is 21.6 Å². The Bertz CT molecular complexity index is 995. The van der Waals surface area contributed by atoms with E-state index in [2.05, 4.69) is 29.3 Å². The Morgan fingerprint density at radius 2 is 1.73 bits per heavy atom. The van der Waals surface area contributed by atoms with E-state index in [1.165, 1.54) is 25.7 Å². The Kier molecular flexibility index (Phi) is 6.83. The normalized spacial score (nSPS) is 15.4. The number of carbonyl (C=O) groups is 1. The van der Waals surface area contributed by atoms with Crippen LogP contribution in [-0.4, -0.2) is 45.8 Å². The third-order valence-electron chi connectivity index (χ3n) is 5.67. The molecule has 2 aromatic rings. The molecule has 0 bridgehead atoms. The highest BCUT2D eigenvalue weighted by Crippen LogP contribution is 2.29. The van der Waals surface area contributed by atoms with Gasteiger partial charge < -0.3 is 10.2 Å². The minimum absolute atomic E-state index is 0.126. The van der Waals surface area contributed by atoms with E-state index >= 15 is 0 Å². The van der Waals surface area contributed by atoms with Gasteiger partial charge in [0.2, 0.25) is 10.0 Å². The highest BCUT2D eigenvalue weighted by molar-refractivity contribution is 7.89. The van der Waals surface area contributed by atoms with E-state index in [4.69, 9.17) is 0 Å².